The van der Waals surface area contributed by atoms with E-state index in [4.69, 9.17) is 0 Å². The quantitative estimate of drug-likeness (QED) is 0.772. The minimum atomic E-state index is 0.749. The van der Waals surface area contributed by atoms with E-state index in [0.29, 0.717) is 0 Å². The SMILES string of the molecule is CCc1ccc(CNCCc2ncon2)cc1. The summed E-state index contributed by atoms with van der Waals surface area (Å²) in [6, 6.07) is 8.69. The zero-order valence-electron chi connectivity index (χ0n) is 10.0. The molecule has 0 aliphatic heterocycles. The molecule has 0 amide bonds. The van der Waals surface area contributed by atoms with Crippen LogP contribution in [-0.4, -0.2) is 16.7 Å². The highest BCUT2D eigenvalue weighted by atomic mass is 16.5. The summed E-state index contributed by atoms with van der Waals surface area (Å²) in [5.74, 6) is 0.749. The zero-order valence-corrected chi connectivity index (χ0v) is 10.0. The van der Waals surface area contributed by atoms with Crippen LogP contribution in [0.4, 0.5) is 0 Å². The highest BCUT2D eigenvalue weighted by Crippen LogP contribution is 2.04. The van der Waals surface area contributed by atoms with Crippen molar-refractivity contribution >= 4 is 0 Å². The average Bonchev–Trinajstić information content (AvgIpc) is 2.88. The first kappa shape index (κ1) is 11.8. The van der Waals surface area contributed by atoms with Crippen LogP contribution in [0.25, 0.3) is 0 Å². The Kier molecular flexibility index (Phi) is 4.27. The number of hydrogen-bond donors (Lipinski definition) is 1. The van der Waals surface area contributed by atoms with Gasteiger partial charge >= 0.3 is 0 Å². The van der Waals surface area contributed by atoms with E-state index in [-0.39, 0.29) is 0 Å². The molecule has 0 spiro atoms. The van der Waals surface area contributed by atoms with Gasteiger partial charge in [-0.15, -0.1) is 0 Å². The molecular formula is C13H17N3O. The molecule has 0 fully saturated rings. The standard InChI is InChI=1S/C13H17N3O/c1-2-11-3-5-12(6-4-11)9-14-8-7-13-15-10-17-16-13/h3-6,10,14H,2,7-9H2,1H3. The molecule has 0 atom stereocenters. The lowest BCUT2D eigenvalue weighted by atomic mass is 10.1. The first-order valence-electron chi connectivity index (χ1n) is 5.92. The highest BCUT2D eigenvalue weighted by molar-refractivity contribution is 5.22. The topological polar surface area (TPSA) is 51.0 Å². The number of benzene rings is 1. The number of aromatic nitrogens is 2. The number of rotatable bonds is 6. The van der Waals surface area contributed by atoms with Crippen molar-refractivity contribution in [2.45, 2.75) is 26.3 Å². The highest BCUT2D eigenvalue weighted by Gasteiger charge is 1.98. The molecule has 0 saturated carbocycles. The summed E-state index contributed by atoms with van der Waals surface area (Å²) in [7, 11) is 0. The fourth-order valence-electron chi connectivity index (χ4n) is 1.63. The molecule has 0 unspecified atom stereocenters. The zero-order chi connectivity index (χ0) is 11.9. The van der Waals surface area contributed by atoms with Gasteiger partial charge in [0.05, 0.1) is 0 Å². The lowest BCUT2D eigenvalue weighted by Crippen LogP contribution is -2.17. The Bertz CT molecular complexity index is 422. The van der Waals surface area contributed by atoms with Gasteiger partial charge in [-0.05, 0) is 17.5 Å². The van der Waals surface area contributed by atoms with Crippen molar-refractivity contribution < 1.29 is 4.52 Å². The Morgan fingerprint density at radius 3 is 2.59 bits per heavy atom. The molecule has 1 heterocycles. The lowest BCUT2D eigenvalue weighted by Gasteiger charge is -2.04. The van der Waals surface area contributed by atoms with Crippen LogP contribution >= 0.6 is 0 Å². The minimum absolute atomic E-state index is 0.749. The third kappa shape index (κ3) is 3.67. The fourth-order valence-corrected chi connectivity index (χ4v) is 1.63. The summed E-state index contributed by atoms with van der Waals surface area (Å²) >= 11 is 0. The maximum atomic E-state index is 4.67. The van der Waals surface area contributed by atoms with Crippen molar-refractivity contribution in [3.63, 3.8) is 0 Å². The predicted molar refractivity (Wildman–Crippen MR) is 65.5 cm³/mol. The van der Waals surface area contributed by atoms with Gasteiger partial charge < -0.3 is 9.84 Å². The molecule has 90 valence electrons. The van der Waals surface area contributed by atoms with Crippen molar-refractivity contribution in [1.29, 1.82) is 0 Å². The van der Waals surface area contributed by atoms with E-state index < -0.39 is 0 Å². The van der Waals surface area contributed by atoms with Crippen LogP contribution in [0, 0.1) is 0 Å². The summed E-state index contributed by atoms with van der Waals surface area (Å²) in [5.41, 5.74) is 2.68. The molecule has 2 rings (SSSR count). The Hall–Kier alpha value is -1.68. The first-order valence-corrected chi connectivity index (χ1v) is 5.92. The van der Waals surface area contributed by atoms with Gasteiger partial charge in [0.25, 0.3) is 0 Å². The van der Waals surface area contributed by atoms with E-state index in [1.807, 2.05) is 0 Å². The molecule has 1 aromatic heterocycles. The van der Waals surface area contributed by atoms with Crippen LogP contribution in [0.3, 0.4) is 0 Å². The average molecular weight is 231 g/mol. The van der Waals surface area contributed by atoms with Crippen molar-refractivity contribution in [1.82, 2.24) is 15.5 Å². The molecule has 0 aliphatic rings. The maximum Gasteiger partial charge on any atom is 0.213 e. The van der Waals surface area contributed by atoms with Crippen LogP contribution in [0.1, 0.15) is 23.9 Å². The van der Waals surface area contributed by atoms with Gasteiger partial charge in [-0.2, -0.15) is 4.98 Å². The molecule has 1 N–H and O–H groups in total. The largest absolute Gasteiger partial charge is 0.343 e. The van der Waals surface area contributed by atoms with Crippen LogP contribution < -0.4 is 5.32 Å². The fraction of sp³-hybridized carbons (Fsp3) is 0.385. The third-order valence-electron chi connectivity index (χ3n) is 2.69. The molecule has 4 heteroatoms. The molecular weight excluding hydrogens is 214 g/mol. The van der Waals surface area contributed by atoms with Gasteiger partial charge in [0, 0.05) is 19.5 Å². The monoisotopic (exact) mass is 231 g/mol. The first-order chi connectivity index (χ1) is 8.38. The lowest BCUT2D eigenvalue weighted by molar-refractivity contribution is 0.409. The second-order valence-corrected chi connectivity index (χ2v) is 3.94. The van der Waals surface area contributed by atoms with E-state index in [2.05, 4.69) is 51.2 Å². The summed E-state index contributed by atoms with van der Waals surface area (Å²) in [5, 5.41) is 7.11. The Labute approximate surface area is 101 Å². The molecule has 0 radical (unpaired) electrons. The minimum Gasteiger partial charge on any atom is -0.343 e. The second kappa shape index (κ2) is 6.15. The summed E-state index contributed by atoms with van der Waals surface area (Å²) in [6.45, 7) is 3.90. The Morgan fingerprint density at radius 2 is 1.94 bits per heavy atom. The van der Waals surface area contributed by atoms with Crippen LogP contribution in [0.15, 0.2) is 35.2 Å². The normalized spacial score (nSPS) is 10.6. The predicted octanol–water partition coefficient (Wildman–Crippen LogP) is 1.96. The summed E-state index contributed by atoms with van der Waals surface area (Å²) < 4.78 is 4.67. The van der Waals surface area contributed by atoms with Crippen LogP contribution in [0.2, 0.25) is 0 Å². The van der Waals surface area contributed by atoms with Gasteiger partial charge in [0.1, 0.15) is 0 Å². The number of aryl methyl sites for hydroxylation is 1. The van der Waals surface area contributed by atoms with Crippen molar-refractivity contribution in [2.24, 2.45) is 0 Å². The van der Waals surface area contributed by atoms with Gasteiger partial charge in [-0.3, -0.25) is 0 Å². The molecule has 4 nitrogen and oxygen atoms in total. The smallest absolute Gasteiger partial charge is 0.213 e. The van der Waals surface area contributed by atoms with Crippen molar-refractivity contribution in [2.75, 3.05) is 6.54 Å². The Balaban J connectivity index is 1.70. The van der Waals surface area contributed by atoms with Crippen molar-refractivity contribution in [3.8, 4) is 0 Å². The number of nitrogens with zero attached hydrogens (tertiary/aromatic N) is 2. The molecule has 2 aromatic rings. The molecule has 0 bridgehead atoms. The van der Waals surface area contributed by atoms with E-state index in [0.717, 1.165) is 31.8 Å². The molecule has 0 aliphatic carbocycles. The van der Waals surface area contributed by atoms with E-state index in [1.54, 1.807) is 0 Å². The van der Waals surface area contributed by atoms with Crippen molar-refractivity contribution in [3.05, 3.63) is 47.6 Å². The summed E-state index contributed by atoms with van der Waals surface area (Å²) in [6.07, 6.45) is 3.24. The number of nitrogens with one attached hydrogen (secondary N) is 1. The molecule has 0 saturated heterocycles. The van der Waals surface area contributed by atoms with Crippen LogP contribution in [0.5, 0.6) is 0 Å². The number of hydrogen-bond acceptors (Lipinski definition) is 4. The maximum absolute atomic E-state index is 4.67. The third-order valence-corrected chi connectivity index (χ3v) is 2.69. The van der Waals surface area contributed by atoms with Gasteiger partial charge in [-0.1, -0.05) is 36.3 Å². The van der Waals surface area contributed by atoms with Gasteiger partial charge in [0.2, 0.25) is 6.39 Å². The van der Waals surface area contributed by atoms with Gasteiger partial charge in [-0.25, -0.2) is 0 Å². The Morgan fingerprint density at radius 1 is 1.18 bits per heavy atom. The van der Waals surface area contributed by atoms with Crippen LogP contribution in [-0.2, 0) is 19.4 Å². The van der Waals surface area contributed by atoms with E-state index in [1.165, 1.54) is 17.5 Å². The second-order valence-electron chi connectivity index (χ2n) is 3.94. The van der Waals surface area contributed by atoms with E-state index in [9.17, 15) is 0 Å². The van der Waals surface area contributed by atoms with Gasteiger partial charge in [0.15, 0.2) is 5.82 Å². The molecule has 17 heavy (non-hydrogen) atoms. The summed E-state index contributed by atoms with van der Waals surface area (Å²) in [4.78, 5) is 3.97. The van der Waals surface area contributed by atoms with E-state index >= 15 is 0 Å². The molecule has 1 aromatic carbocycles.